The summed E-state index contributed by atoms with van der Waals surface area (Å²) in [5.41, 5.74) is 2.58. The number of halogens is 3. The number of benzene rings is 1. The van der Waals surface area contributed by atoms with Crippen LogP contribution in [0.3, 0.4) is 0 Å². The van der Waals surface area contributed by atoms with Crippen molar-refractivity contribution in [2.24, 2.45) is 5.84 Å². The van der Waals surface area contributed by atoms with E-state index in [0.29, 0.717) is 9.90 Å². The van der Waals surface area contributed by atoms with E-state index in [2.05, 4.69) is 5.43 Å². The first kappa shape index (κ1) is 12.4. The van der Waals surface area contributed by atoms with Gasteiger partial charge in [-0.1, -0.05) is 23.7 Å². The minimum atomic E-state index is -0.917. The maximum Gasteiger partial charge on any atom is 0.164 e. The van der Waals surface area contributed by atoms with Gasteiger partial charge >= 0.3 is 0 Å². The van der Waals surface area contributed by atoms with Gasteiger partial charge in [0.15, 0.2) is 11.6 Å². The average Bonchev–Trinajstić information content (AvgIpc) is 2.72. The molecule has 0 aliphatic carbocycles. The van der Waals surface area contributed by atoms with Crippen LogP contribution in [0.5, 0.6) is 0 Å². The standard InChI is InChI=1S/C11H9ClF2N2S/c12-7-4-5-17-11(7)10(16-15)6-2-1-3-8(13)9(6)14/h1-5,10,16H,15H2. The first-order valence-electron chi connectivity index (χ1n) is 4.78. The zero-order valence-corrected chi connectivity index (χ0v) is 10.2. The van der Waals surface area contributed by atoms with Crippen LogP contribution >= 0.6 is 22.9 Å². The summed E-state index contributed by atoms with van der Waals surface area (Å²) in [4.78, 5) is 0.652. The largest absolute Gasteiger partial charge is 0.271 e. The van der Waals surface area contributed by atoms with E-state index in [9.17, 15) is 8.78 Å². The molecule has 2 rings (SSSR count). The Balaban J connectivity index is 2.50. The fourth-order valence-electron chi connectivity index (χ4n) is 1.56. The van der Waals surface area contributed by atoms with Crippen LogP contribution in [0.25, 0.3) is 0 Å². The highest BCUT2D eigenvalue weighted by Gasteiger charge is 2.21. The molecule has 90 valence electrons. The molecule has 0 aliphatic heterocycles. The minimum absolute atomic E-state index is 0.136. The van der Waals surface area contributed by atoms with Gasteiger partial charge in [0.1, 0.15) is 0 Å². The molecule has 1 unspecified atom stereocenters. The summed E-state index contributed by atoms with van der Waals surface area (Å²) in [6, 6.07) is 4.99. The highest BCUT2D eigenvalue weighted by atomic mass is 35.5. The van der Waals surface area contributed by atoms with E-state index >= 15 is 0 Å². The lowest BCUT2D eigenvalue weighted by atomic mass is 10.1. The third kappa shape index (κ3) is 2.32. The van der Waals surface area contributed by atoms with Gasteiger partial charge in [-0.3, -0.25) is 5.84 Å². The molecular weight excluding hydrogens is 266 g/mol. The van der Waals surface area contributed by atoms with Crippen molar-refractivity contribution in [1.29, 1.82) is 0 Å². The molecule has 0 saturated carbocycles. The lowest BCUT2D eigenvalue weighted by Crippen LogP contribution is -2.29. The molecule has 1 atom stereocenters. The third-order valence-electron chi connectivity index (χ3n) is 2.37. The van der Waals surface area contributed by atoms with Crippen LogP contribution in [0.4, 0.5) is 8.78 Å². The van der Waals surface area contributed by atoms with Crippen molar-refractivity contribution >= 4 is 22.9 Å². The van der Waals surface area contributed by atoms with Gasteiger partial charge < -0.3 is 0 Å². The molecule has 2 nitrogen and oxygen atoms in total. The molecule has 17 heavy (non-hydrogen) atoms. The smallest absolute Gasteiger partial charge is 0.164 e. The Bertz CT molecular complexity index is 530. The number of hydrogen-bond donors (Lipinski definition) is 2. The maximum absolute atomic E-state index is 13.7. The third-order valence-corrected chi connectivity index (χ3v) is 3.79. The van der Waals surface area contributed by atoms with Crippen LogP contribution in [-0.2, 0) is 0 Å². The summed E-state index contributed by atoms with van der Waals surface area (Å²) in [5.74, 6) is 3.57. The van der Waals surface area contributed by atoms with Gasteiger partial charge in [0.2, 0.25) is 0 Å². The second-order valence-electron chi connectivity index (χ2n) is 3.38. The fourth-order valence-corrected chi connectivity index (χ4v) is 2.80. The van der Waals surface area contributed by atoms with E-state index in [0.717, 1.165) is 6.07 Å². The van der Waals surface area contributed by atoms with Crippen molar-refractivity contribution < 1.29 is 8.78 Å². The van der Waals surface area contributed by atoms with Gasteiger partial charge in [-0.2, -0.15) is 0 Å². The molecule has 0 spiro atoms. The highest BCUT2D eigenvalue weighted by molar-refractivity contribution is 7.10. The number of nitrogens with one attached hydrogen (secondary N) is 1. The van der Waals surface area contributed by atoms with E-state index in [4.69, 9.17) is 17.4 Å². The molecular formula is C11H9ClF2N2S. The predicted molar refractivity (Wildman–Crippen MR) is 64.9 cm³/mol. The Morgan fingerprint density at radius 2 is 2.06 bits per heavy atom. The molecule has 0 bridgehead atoms. The lowest BCUT2D eigenvalue weighted by Gasteiger charge is -2.16. The number of hydrazine groups is 1. The van der Waals surface area contributed by atoms with E-state index < -0.39 is 17.7 Å². The molecule has 1 heterocycles. The van der Waals surface area contributed by atoms with Crippen molar-refractivity contribution in [2.45, 2.75) is 6.04 Å². The van der Waals surface area contributed by atoms with Crippen LogP contribution in [0.2, 0.25) is 5.02 Å². The summed E-state index contributed by atoms with van der Waals surface area (Å²) >= 11 is 7.28. The SMILES string of the molecule is NNC(c1cccc(F)c1F)c1sccc1Cl. The van der Waals surface area contributed by atoms with E-state index in [1.807, 2.05) is 0 Å². The molecule has 1 aromatic heterocycles. The fraction of sp³-hybridized carbons (Fsp3) is 0.0909. The number of rotatable bonds is 3. The number of hydrogen-bond acceptors (Lipinski definition) is 3. The van der Waals surface area contributed by atoms with E-state index in [-0.39, 0.29) is 5.56 Å². The Hall–Kier alpha value is -1.01. The summed E-state index contributed by atoms with van der Waals surface area (Å²) < 4.78 is 26.8. The van der Waals surface area contributed by atoms with Crippen LogP contribution in [0, 0.1) is 11.6 Å². The van der Waals surface area contributed by atoms with E-state index in [1.54, 1.807) is 11.4 Å². The molecule has 6 heteroatoms. The zero-order chi connectivity index (χ0) is 12.4. The number of nitrogens with two attached hydrogens (primary N) is 1. The molecule has 3 N–H and O–H groups in total. The first-order chi connectivity index (χ1) is 8.15. The summed E-state index contributed by atoms with van der Waals surface area (Å²) in [6.07, 6.45) is 0. The van der Waals surface area contributed by atoms with Gasteiger partial charge in [-0.15, -0.1) is 11.3 Å². The Morgan fingerprint density at radius 1 is 1.29 bits per heavy atom. The van der Waals surface area contributed by atoms with Gasteiger partial charge in [0, 0.05) is 10.4 Å². The molecule has 0 radical (unpaired) electrons. The summed E-state index contributed by atoms with van der Waals surface area (Å²) in [5, 5.41) is 2.24. The second-order valence-corrected chi connectivity index (χ2v) is 4.73. The normalized spacial score (nSPS) is 12.7. The Labute approximate surface area is 106 Å². The van der Waals surface area contributed by atoms with Crippen molar-refractivity contribution in [1.82, 2.24) is 5.43 Å². The van der Waals surface area contributed by atoms with Crippen LogP contribution < -0.4 is 11.3 Å². The lowest BCUT2D eigenvalue weighted by molar-refractivity contribution is 0.484. The molecule has 0 aliphatic rings. The maximum atomic E-state index is 13.7. The number of thiophene rings is 1. The molecule has 0 fully saturated rings. The molecule has 0 saturated heterocycles. The topological polar surface area (TPSA) is 38.0 Å². The second kappa shape index (κ2) is 5.10. The molecule has 0 amide bonds. The van der Waals surface area contributed by atoms with Crippen LogP contribution in [0.15, 0.2) is 29.6 Å². The van der Waals surface area contributed by atoms with Gasteiger partial charge in [-0.05, 0) is 17.5 Å². The van der Waals surface area contributed by atoms with Crippen molar-refractivity contribution in [3.63, 3.8) is 0 Å². The van der Waals surface area contributed by atoms with Crippen LogP contribution in [-0.4, -0.2) is 0 Å². The zero-order valence-electron chi connectivity index (χ0n) is 8.58. The van der Waals surface area contributed by atoms with Gasteiger partial charge in [-0.25, -0.2) is 14.2 Å². The first-order valence-corrected chi connectivity index (χ1v) is 6.04. The highest BCUT2D eigenvalue weighted by Crippen LogP contribution is 2.33. The quantitative estimate of drug-likeness (QED) is 0.666. The van der Waals surface area contributed by atoms with Gasteiger partial charge in [0.05, 0.1) is 11.1 Å². The van der Waals surface area contributed by atoms with E-state index in [1.165, 1.54) is 23.5 Å². The van der Waals surface area contributed by atoms with Crippen molar-refractivity contribution in [3.8, 4) is 0 Å². The summed E-state index contributed by atoms with van der Waals surface area (Å²) in [7, 11) is 0. The summed E-state index contributed by atoms with van der Waals surface area (Å²) in [6.45, 7) is 0. The molecule has 2 aromatic rings. The van der Waals surface area contributed by atoms with Gasteiger partial charge in [0.25, 0.3) is 0 Å². The Morgan fingerprint density at radius 3 is 2.65 bits per heavy atom. The predicted octanol–water partition coefficient (Wildman–Crippen LogP) is 3.23. The Kier molecular flexibility index (Phi) is 3.73. The van der Waals surface area contributed by atoms with Crippen molar-refractivity contribution in [2.75, 3.05) is 0 Å². The molecule has 1 aromatic carbocycles. The average molecular weight is 275 g/mol. The van der Waals surface area contributed by atoms with Crippen LogP contribution in [0.1, 0.15) is 16.5 Å². The minimum Gasteiger partial charge on any atom is -0.271 e. The monoisotopic (exact) mass is 274 g/mol. The van der Waals surface area contributed by atoms with Crippen molar-refractivity contribution in [3.05, 3.63) is 56.7 Å².